The molecule has 0 radical (unpaired) electrons. The molecule has 2 rings (SSSR count). The maximum Gasteiger partial charge on any atom is 0.244 e. The van der Waals surface area contributed by atoms with Crippen LogP contribution in [0.25, 0.3) is 6.08 Å². The minimum absolute atomic E-state index is 0.0330. The molecule has 4 unspecified atom stereocenters. The van der Waals surface area contributed by atoms with Crippen molar-refractivity contribution in [1.29, 1.82) is 0 Å². The number of halogens is 2. The van der Waals surface area contributed by atoms with Crippen molar-refractivity contribution in [3.05, 3.63) is 40.7 Å². The second-order valence-electron chi connectivity index (χ2n) is 10.2. The maximum absolute atomic E-state index is 14.0. The van der Waals surface area contributed by atoms with Crippen molar-refractivity contribution in [1.82, 2.24) is 21.3 Å². The Balaban J connectivity index is 2.06. The van der Waals surface area contributed by atoms with Crippen LogP contribution in [0.15, 0.2) is 24.3 Å². The van der Waals surface area contributed by atoms with E-state index in [9.17, 15) is 28.4 Å². The van der Waals surface area contributed by atoms with Gasteiger partial charge in [0, 0.05) is 29.1 Å². The molecular weight excluding hydrogens is 515 g/mol. The van der Waals surface area contributed by atoms with Crippen LogP contribution in [0.3, 0.4) is 0 Å². The van der Waals surface area contributed by atoms with E-state index < -0.39 is 41.7 Å². The number of carbonyl (C=O) groups excluding carboxylic acids is 5. The van der Waals surface area contributed by atoms with Crippen LogP contribution < -0.4 is 21.3 Å². The smallest absolute Gasteiger partial charge is 0.244 e. The standard InChI is InChI=1S/C27H36ClFN4O5/c1-15(2)11-22(26(37)31-20(14-34)12-18-9-10-30-25(18)36)32-27(38)24(16(3)4)33-23(35)8-6-17-5-7-19(28)13-21(17)29/h5-8,13-16,18,20,22,24H,9-12H2,1-4H3,(H,30,36)(H,31,37)(H,32,38)(H,33,35)/b8-6+. The van der Waals surface area contributed by atoms with Crippen molar-refractivity contribution in [3.63, 3.8) is 0 Å². The van der Waals surface area contributed by atoms with Crippen LogP contribution >= 0.6 is 11.6 Å². The average Bonchev–Trinajstić information content (AvgIpc) is 3.24. The number of hydrogen-bond donors (Lipinski definition) is 4. The summed E-state index contributed by atoms with van der Waals surface area (Å²) in [5, 5.41) is 10.9. The second kappa shape index (κ2) is 14.6. The van der Waals surface area contributed by atoms with Gasteiger partial charge in [-0.15, -0.1) is 0 Å². The fourth-order valence-corrected chi connectivity index (χ4v) is 4.27. The van der Waals surface area contributed by atoms with Gasteiger partial charge >= 0.3 is 0 Å². The van der Waals surface area contributed by atoms with Crippen LogP contribution in [0.5, 0.6) is 0 Å². The van der Waals surface area contributed by atoms with Gasteiger partial charge in [0.1, 0.15) is 24.2 Å². The molecule has 1 aliphatic heterocycles. The van der Waals surface area contributed by atoms with E-state index in [1.165, 1.54) is 18.2 Å². The molecule has 1 aromatic rings. The number of aldehydes is 1. The van der Waals surface area contributed by atoms with E-state index in [1.807, 2.05) is 13.8 Å². The van der Waals surface area contributed by atoms with E-state index in [1.54, 1.807) is 13.8 Å². The van der Waals surface area contributed by atoms with Gasteiger partial charge in [-0.3, -0.25) is 19.2 Å². The summed E-state index contributed by atoms with van der Waals surface area (Å²) in [5.74, 6) is -3.14. The molecule has 1 aromatic carbocycles. The van der Waals surface area contributed by atoms with E-state index in [2.05, 4.69) is 21.3 Å². The van der Waals surface area contributed by atoms with Crippen LogP contribution in [0.1, 0.15) is 52.5 Å². The lowest BCUT2D eigenvalue weighted by molar-refractivity contribution is -0.133. The molecule has 4 atom stereocenters. The van der Waals surface area contributed by atoms with Crippen molar-refractivity contribution < 1.29 is 28.4 Å². The van der Waals surface area contributed by atoms with Gasteiger partial charge in [-0.05, 0) is 49.3 Å². The first-order valence-electron chi connectivity index (χ1n) is 12.7. The molecule has 1 saturated heterocycles. The Hall–Kier alpha value is -3.27. The molecule has 1 heterocycles. The van der Waals surface area contributed by atoms with Crippen LogP contribution in [0, 0.1) is 23.6 Å². The lowest BCUT2D eigenvalue weighted by atomic mass is 9.97. The molecule has 0 saturated carbocycles. The normalized spacial score (nSPS) is 17.7. The second-order valence-corrected chi connectivity index (χ2v) is 10.6. The number of carbonyl (C=O) groups is 5. The van der Waals surface area contributed by atoms with Gasteiger partial charge in [-0.1, -0.05) is 45.4 Å². The zero-order valence-electron chi connectivity index (χ0n) is 22.1. The summed E-state index contributed by atoms with van der Waals surface area (Å²) in [4.78, 5) is 62.1. The predicted molar refractivity (Wildman–Crippen MR) is 142 cm³/mol. The summed E-state index contributed by atoms with van der Waals surface area (Å²) < 4.78 is 14.0. The lowest BCUT2D eigenvalue weighted by Crippen LogP contribution is -2.56. The van der Waals surface area contributed by atoms with Gasteiger partial charge in [0.05, 0.1) is 6.04 Å². The summed E-state index contributed by atoms with van der Waals surface area (Å²) in [6, 6.07) is 1.23. The summed E-state index contributed by atoms with van der Waals surface area (Å²) in [7, 11) is 0. The van der Waals surface area contributed by atoms with Gasteiger partial charge in [0.15, 0.2) is 0 Å². The molecule has 0 bridgehead atoms. The van der Waals surface area contributed by atoms with Crippen LogP contribution in [-0.2, 0) is 24.0 Å². The Kier molecular flexibility index (Phi) is 11.9. The number of hydrogen-bond acceptors (Lipinski definition) is 5. The molecule has 1 aliphatic rings. The zero-order valence-corrected chi connectivity index (χ0v) is 22.8. The first kappa shape index (κ1) is 31.0. The van der Waals surface area contributed by atoms with Gasteiger partial charge in [-0.2, -0.15) is 0 Å². The van der Waals surface area contributed by atoms with E-state index in [-0.39, 0.29) is 40.7 Å². The highest BCUT2D eigenvalue weighted by molar-refractivity contribution is 6.30. The van der Waals surface area contributed by atoms with Crippen molar-refractivity contribution in [3.8, 4) is 0 Å². The summed E-state index contributed by atoms with van der Waals surface area (Å²) in [6.45, 7) is 7.77. The molecule has 4 N–H and O–H groups in total. The third-order valence-corrected chi connectivity index (χ3v) is 6.39. The molecule has 0 spiro atoms. The number of amides is 4. The first-order chi connectivity index (χ1) is 17.9. The van der Waals surface area contributed by atoms with Crippen molar-refractivity contribution in [2.24, 2.45) is 17.8 Å². The van der Waals surface area contributed by atoms with E-state index >= 15 is 0 Å². The molecule has 0 aliphatic carbocycles. The predicted octanol–water partition coefficient (Wildman–Crippen LogP) is 2.37. The zero-order chi connectivity index (χ0) is 28.4. The number of nitrogens with one attached hydrogen (secondary N) is 4. The summed E-state index contributed by atoms with van der Waals surface area (Å²) in [6.07, 6.45) is 4.03. The summed E-state index contributed by atoms with van der Waals surface area (Å²) in [5.41, 5.74) is 0.156. The topological polar surface area (TPSA) is 133 Å². The molecule has 208 valence electrons. The Morgan fingerprint density at radius 3 is 2.39 bits per heavy atom. The van der Waals surface area contributed by atoms with Crippen molar-refractivity contribution in [2.75, 3.05) is 6.54 Å². The Morgan fingerprint density at radius 2 is 1.84 bits per heavy atom. The quantitative estimate of drug-likeness (QED) is 0.221. The van der Waals surface area contributed by atoms with Crippen molar-refractivity contribution in [2.45, 2.75) is 65.1 Å². The highest BCUT2D eigenvalue weighted by atomic mass is 35.5. The van der Waals surface area contributed by atoms with E-state index in [4.69, 9.17) is 11.6 Å². The number of rotatable bonds is 13. The average molecular weight is 551 g/mol. The number of benzene rings is 1. The van der Waals surface area contributed by atoms with E-state index in [0.717, 1.165) is 12.1 Å². The minimum Gasteiger partial charge on any atom is -0.356 e. The Bertz CT molecular complexity index is 1060. The van der Waals surface area contributed by atoms with Crippen LogP contribution in [-0.4, -0.2) is 54.6 Å². The molecule has 0 aromatic heterocycles. The molecule has 1 fully saturated rings. The third-order valence-electron chi connectivity index (χ3n) is 6.16. The van der Waals surface area contributed by atoms with Crippen molar-refractivity contribution >= 4 is 47.6 Å². The van der Waals surface area contributed by atoms with Crippen LogP contribution in [0.2, 0.25) is 5.02 Å². The third kappa shape index (κ3) is 9.55. The van der Waals surface area contributed by atoms with Gasteiger partial charge in [0.2, 0.25) is 23.6 Å². The molecule has 4 amide bonds. The monoisotopic (exact) mass is 550 g/mol. The SMILES string of the molecule is CC(C)CC(NC(=O)C(NC(=O)/C=C/c1ccc(Cl)cc1F)C(C)C)C(=O)NC(C=O)CC1CCNC1=O. The Morgan fingerprint density at radius 1 is 1.13 bits per heavy atom. The maximum atomic E-state index is 14.0. The van der Waals surface area contributed by atoms with Crippen LogP contribution in [0.4, 0.5) is 4.39 Å². The lowest BCUT2D eigenvalue weighted by Gasteiger charge is -2.27. The molecular formula is C27H36ClFN4O5. The highest BCUT2D eigenvalue weighted by Crippen LogP contribution is 2.17. The fourth-order valence-electron chi connectivity index (χ4n) is 4.11. The molecule has 11 heteroatoms. The summed E-state index contributed by atoms with van der Waals surface area (Å²) >= 11 is 5.74. The van der Waals surface area contributed by atoms with Gasteiger partial charge in [0.25, 0.3) is 0 Å². The molecule has 9 nitrogen and oxygen atoms in total. The van der Waals surface area contributed by atoms with Gasteiger partial charge in [-0.25, -0.2) is 4.39 Å². The first-order valence-corrected chi connectivity index (χ1v) is 13.1. The largest absolute Gasteiger partial charge is 0.356 e. The van der Waals surface area contributed by atoms with Gasteiger partial charge < -0.3 is 26.1 Å². The highest BCUT2D eigenvalue weighted by Gasteiger charge is 2.32. The minimum atomic E-state index is -0.978. The Labute approximate surface area is 227 Å². The molecule has 38 heavy (non-hydrogen) atoms. The fraction of sp³-hybridized carbons (Fsp3) is 0.519. The van der Waals surface area contributed by atoms with E-state index in [0.29, 0.717) is 25.7 Å².